The summed E-state index contributed by atoms with van der Waals surface area (Å²) in [4.78, 5) is 78.8. The molecule has 0 aliphatic heterocycles. The van der Waals surface area contributed by atoms with Crippen molar-refractivity contribution in [1.29, 1.82) is 0 Å². The third-order valence-electron chi connectivity index (χ3n) is 5.12. The zero-order valence-electron chi connectivity index (χ0n) is 20.4. The van der Waals surface area contributed by atoms with Crippen LogP contribution in [0, 0.1) is 5.92 Å². The molecule has 36 heavy (non-hydrogen) atoms. The number of primary amides is 2. The van der Waals surface area contributed by atoms with Gasteiger partial charge in [0.15, 0.2) is 0 Å². The van der Waals surface area contributed by atoms with Gasteiger partial charge >= 0.3 is 0 Å². The van der Waals surface area contributed by atoms with Crippen molar-refractivity contribution >= 4 is 35.8 Å². The van der Waals surface area contributed by atoms with Crippen LogP contribution in [0.1, 0.15) is 51.6 Å². The molecule has 0 spiro atoms. The highest BCUT2D eigenvalue weighted by molar-refractivity contribution is 5.94. The molecule has 0 fully saturated rings. The third kappa shape index (κ3) is 11.6. The lowest BCUT2D eigenvalue weighted by molar-refractivity contribution is -0.133. The van der Waals surface area contributed by atoms with Crippen molar-refractivity contribution in [2.45, 2.75) is 76.5 Å². The van der Waals surface area contributed by atoms with Gasteiger partial charge in [0.25, 0.3) is 0 Å². The summed E-state index contributed by atoms with van der Waals surface area (Å²) in [6.45, 7) is 3.75. The number of imidazole rings is 1. The van der Waals surface area contributed by atoms with E-state index in [-0.39, 0.29) is 38.0 Å². The Labute approximate surface area is 208 Å². The number of nitrogens with zero attached hydrogens (tertiary/aromatic N) is 1. The van der Waals surface area contributed by atoms with E-state index in [1.165, 1.54) is 12.5 Å². The molecule has 5 amide bonds. The van der Waals surface area contributed by atoms with Gasteiger partial charge in [-0.1, -0.05) is 13.8 Å². The molecule has 0 saturated heterocycles. The monoisotopic (exact) mass is 507 g/mol. The fraction of sp³-hybridized carbons (Fsp3) is 0.591. The number of aromatic amines is 1. The highest BCUT2D eigenvalue weighted by atomic mass is 16.2. The second-order valence-electron chi connectivity index (χ2n) is 8.81. The number of H-pyrrole nitrogens is 1. The third-order valence-corrected chi connectivity index (χ3v) is 5.12. The minimum absolute atomic E-state index is 0.0249. The van der Waals surface area contributed by atoms with Crippen LogP contribution in [0.3, 0.4) is 0 Å². The van der Waals surface area contributed by atoms with Crippen LogP contribution in [0.25, 0.3) is 0 Å². The Kier molecular flexibility index (Phi) is 12.8. The molecule has 14 nitrogen and oxygen atoms in total. The maximum atomic E-state index is 13.1. The minimum Gasteiger partial charge on any atom is -0.370 e. The Morgan fingerprint density at radius 3 is 2.06 bits per heavy atom. The minimum atomic E-state index is -1.26. The van der Waals surface area contributed by atoms with Gasteiger partial charge in [0, 0.05) is 25.5 Å². The first-order chi connectivity index (χ1) is 16.9. The van der Waals surface area contributed by atoms with E-state index in [9.17, 15) is 28.8 Å². The van der Waals surface area contributed by atoms with E-state index in [4.69, 9.17) is 17.2 Å². The van der Waals surface area contributed by atoms with E-state index >= 15 is 0 Å². The van der Waals surface area contributed by atoms with E-state index in [1.807, 2.05) is 13.8 Å². The zero-order chi connectivity index (χ0) is 27.3. The number of amides is 5. The van der Waals surface area contributed by atoms with Crippen LogP contribution in [-0.4, -0.2) is 70.0 Å². The van der Waals surface area contributed by atoms with Crippen LogP contribution in [0.2, 0.25) is 0 Å². The first-order valence-corrected chi connectivity index (χ1v) is 11.5. The van der Waals surface area contributed by atoms with Gasteiger partial charge in [0.1, 0.15) is 12.1 Å². The maximum Gasteiger partial charge on any atom is 0.243 e. The quantitative estimate of drug-likeness (QED) is 0.118. The molecule has 199 valence electrons. The Balaban J connectivity index is 3.02. The maximum absolute atomic E-state index is 13.1. The summed E-state index contributed by atoms with van der Waals surface area (Å²) in [5.41, 5.74) is 16.5. The molecule has 14 heteroatoms. The van der Waals surface area contributed by atoms with Crippen LogP contribution in [-0.2, 0) is 35.2 Å². The number of nitrogens with one attached hydrogen (secondary N) is 4. The molecular formula is C22H35N8O6. The number of carbonyl (C=O) groups is 5. The van der Waals surface area contributed by atoms with Gasteiger partial charge in [-0.15, -0.1) is 0 Å². The molecule has 10 N–H and O–H groups in total. The van der Waals surface area contributed by atoms with E-state index < -0.39 is 53.7 Å². The van der Waals surface area contributed by atoms with Crippen LogP contribution in [0.4, 0.5) is 0 Å². The van der Waals surface area contributed by atoms with Gasteiger partial charge in [-0.2, -0.15) is 0 Å². The van der Waals surface area contributed by atoms with Gasteiger partial charge in [0.05, 0.1) is 24.1 Å². The second-order valence-corrected chi connectivity index (χ2v) is 8.81. The van der Waals surface area contributed by atoms with Gasteiger partial charge in [-0.3, -0.25) is 28.8 Å². The molecule has 1 radical (unpaired) electrons. The predicted octanol–water partition coefficient (Wildman–Crippen LogP) is -2.58. The number of carbonyl (C=O) groups excluding carboxylic acids is 6. The summed E-state index contributed by atoms with van der Waals surface area (Å²) >= 11 is 0. The molecule has 0 aliphatic carbocycles. The van der Waals surface area contributed by atoms with E-state index in [1.54, 1.807) is 6.29 Å². The molecule has 4 atom stereocenters. The highest BCUT2D eigenvalue weighted by Crippen LogP contribution is 2.07. The number of nitrogens with two attached hydrogens (primary N) is 3. The Morgan fingerprint density at radius 2 is 1.53 bits per heavy atom. The fourth-order valence-corrected chi connectivity index (χ4v) is 3.24. The fourth-order valence-electron chi connectivity index (χ4n) is 3.24. The highest BCUT2D eigenvalue weighted by Gasteiger charge is 2.30. The molecule has 0 bridgehead atoms. The number of aromatic nitrogens is 2. The van der Waals surface area contributed by atoms with Crippen molar-refractivity contribution in [1.82, 2.24) is 25.9 Å². The van der Waals surface area contributed by atoms with Crippen LogP contribution >= 0.6 is 0 Å². The van der Waals surface area contributed by atoms with Crippen molar-refractivity contribution in [3.8, 4) is 0 Å². The Hall–Kier alpha value is -3.81. The molecule has 1 rings (SSSR count). The number of hydrogen-bond acceptors (Lipinski definition) is 8. The standard InChI is InChI=1S/C22H35N8O6/c1-12(2)7-14(10-31)28-22(36)17(8-13-9-26-11-27-13)30-21(35)16(4-6-19(25)33)29-20(34)15(23)3-5-18(24)32/h9,11-12,14-17H,3-8,23H2,1-2H3,(H2,24,32)(H2,25,33)(H,26,27)(H,28,36)(H,29,34)(H,30,35)/t14-,15-,16-,17-/m0/s1. The van der Waals surface area contributed by atoms with Crippen molar-refractivity contribution < 1.29 is 28.8 Å². The van der Waals surface area contributed by atoms with E-state index in [0.717, 1.165) is 0 Å². The normalized spacial score (nSPS) is 14.2. The number of hydrogen-bond donors (Lipinski definition) is 7. The molecule has 0 saturated carbocycles. The summed E-state index contributed by atoms with van der Waals surface area (Å²) in [6.07, 6.45) is 4.45. The van der Waals surface area contributed by atoms with Crippen molar-refractivity contribution in [3.63, 3.8) is 0 Å². The molecule has 1 aromatic rings. The molecule has 1 aromatic heterocycles. The average molecular weight is 508 g/mol. The molecule has 0 aliphatic rings. The van der Waals surface area contributed by atoms with Crippen molar-refractivity contribution in [2.75, 3.05) is 0 Å². The topological polar surface area (TPSA) is 245 Å². The van der Waals surface area contributed by atoms with Gasteiger partial charge in [-0.05, 0) is 25.2 Å². The molecule has 1 heterocycles. The first kappa shape index (κ1) is 30.2. The number of rotatable bonds is 17. The summed E-state index contributed by atoms with van der Waals surface area (Å²) in [5, 5.41) is 7.52. The van der Waals surface area contributed by atoms with Crippen LogP contribution < -0.4 is 33.2 Å². The summed E-state index contributed by atoms with van der Waals surface area (Å²) < 4.78 is 0. The van der Waals surface area contributed by atoms with Gasteiger partial charge < -0.3 is 38.1 Å². The molecule has 0 aromatic carbocycles. The van der Waals surface area contributed by atoms with E-state index in [0.29, 0.717) is 12.1 Å². The lowest BCUT2D eigenvalue weighted by Gasteiger charge is -2.25. The van der Waals surface area contributed by atoms with Crippen LogP contribution in [0.15, 0.2) is 12.5 Å². The summed E-state index contributed by atoms with van der Waals surface area (Å²) in [5.74, 6) is -3.43. The zero-order valence-corrected chi connectivity index (χ0v) is 20.4. The SMILES string of the molecule is CC(C)C[C@@H]([C]=O)NC(=O)[C@H](Cc1c[nH]cn1)NC(=O)[C@H](CCC(N)=O)NC(=O)[C@@H](N)CCC(N)=O. The van der Waals surface area contributed by atoms with Crippen LogP contribution in [0.5, 0.6) is 0 Å². The Morgan fingerprint density at radius 1 is 0.944 bits per heavy atom. The smallest absolute Gasteiger partial charge is 0.243 e. The summed E-state index contributed by atoms with van der Waals surface area (Å²) in [6, 6.07) is -4.45. The summed E-state index contributed by atoms with van der Waals surface area (Å²) in [7, 11) is 0. The predicted molar refractivity (Wildman–Crippen MR) is 128 cm³/mol. The molecule has 0 unspecified atom stereocenters. The van der Waals surface area contributed by atoms with Crippen molar-refractivity contribution in [3.05, 3.63) is 18.2 Å². The largest absolute Gasteiger partial charge is 0.370 e. The second kappa shape index (κ2) is 15.2. The van der Waals surface area contributed by atoms with Gasteiger partial charge in [0.2, 0.25) is 35.8 Å². The first-order valence-electron chi connectivity index (χ1n) is 11.5. The van der Waals surface area contributed by atoms with Gasteiger partial charge in [-0.25, -0.2) is 4.98 Å². The van der Waals surface area contributed by atoms with E-state index in [2.05, 4.69) is 25.9 Å². The van der Waals surface area contributed by atoms with Crippen molar-refractivity contribution in [2.24, 2.45) is 23.1 Å². The lowest BCUT2D eigenvalue weighted by atomic mass is 10.0. The molecular weight excluding hydrogens is 472 g/mol. The Bertz CT molecular complexity index is 904. The average Bonchev–Trinajstić information content (AvgIpc) is 3.31. The lowest BCUT2D eigenvalue weighted by Crippen LogP contribution is -2.57.